The van der Waals surface area contributed by atoms with E-state index in [1.54, 1.807) is 6.07 Å². The van der Waals surface area contributed by atoms with E-state index >= 15 is 0 Å². The Hall–Kier alpha value is -2.42. The van der Waals surface area contributed by atoms with Crippen molar-refractivity contribution in [3.8, 4) is 17.2 Å². The van der Waals surface area contributed by atoms with Crippen LogP contribution in [0.5, 0.6) is 17.2 Å². The molecule has 2 N–H and O–H groups in total. The van der Waals surface area contributed by atoms with Gasteiger partial charge in [-0.05, 0) is 41.1 Å². The fraction of sp³-hybridized carbons (Fsp3) is 0.235. The highest BCUT2D eigenvalue weighted by molar-refractivity contribution is 9.10. The molecule has 0 aromatic heterocycles. The Morgan fingerprint density at radius 3 is 2.58 bits per heavy atom. The van der Waals surface area contributed by atoms with E-state index < -0.39 is 17.7 Å². The summed E-state index contributed by atoms with van der Waals surface area (Å²) in [5.74, 6) is 0.272. The molecule has 2 aliphatic rings. The lowest BCUT2D eigenvalue weighted by molar-refractivity contribution is -0.274. The van der Waals surface area contributed by atoms with Crippen LogP contribution in [0.25, 0.3) is 0 Å². The molecule has 136 valence electrons. The lowest BCUT2D eigenvalue weighted by atomic mass is 9.81. The molecule has 0 saturated heterocycles. The van der Waals surface area contributed by atoms with Gasteiger partial charge in [-0.2, -0.15) is 0 Å². The molecule has 1 spiro atoms. The van der Waals surface area contributed by atoms with Crippen LogP contribution in [0.2, 0.25) is 0 Å². The molecule has 9 heteroatoms. The van der Waals surface area contributed by atoms with Gasteiger partial charge in [0.25, 0.3) is 6.02 Å². The summed E-state index contributed by atoms with van der Waals surface area (Å²) in [6.07, 6.45) is -4.82. The number of hydrogen-bond donors (Lipinski definition) is 1. The Bertz CT molecular complexity index is 946. The summed E-state index contributed by atoms with van der Waals surface area (Å²) in [4.78, 5) is 4.46. The zero-order chi connectivity index (χ0) is 18.7. The Labute approximate surface area is 154 Å². The summed E-state index contributed by atoms with van der Waals surface area (Å²) >= 11 is 3.13. The van der Waals surface area contributed by atoms with Crippen molar-refractivity contribution in [2.24, 2.45) is 10.7 Å². The van der Waals surface area contributed by atoms with Crippen LogP contribution in [0.4, 0.5) is 13.2 Å². The first-order chi connectivity index (χ1) is 12.2. The van der Waals surface area contributed by atoms with Crippen LogP contribution in [-0.2, 0) is 10.3 Å². The molecule has 0 radical (unpaired) electrons. The van der Waals surface area contributed by atoms with Gasteiger partial charge in [-0.15, -0.1) is 13.2 Å². The van der Waals surface area contributed by atoms with E-state index in [1.807, 2.05) is 19.1 Å². The largest absolute Gasteiger partial charge is 0.573 e. The summed E-state index contributed by atoms with van der Waals surface area (Å²) in [5.41, 5.74) is 7.01. The molecular formula is C17H12BrF3N2O3. The monoisotopic (exact) mass is 428 g/mol. The number of ether oxygens (including phenoxy) is 3. The van der Waals surface area contributed by atoms with Crippen molar-refractivity contribution in [1.29, 1.82) is 0 Å². The molecule has 0 saturated carbocycles. The van der Waals surface area contributed by atoms with Gasteiger partial charge in [0, 0.05) is 17.2 Å². The molecule has 2 aliphatic heterocycles. The smallest absolute Gasteiger partial charge is 0.462 e. The minimum Gasteiger partial charge on any atom is -0.462 e. The summed E-state index contributed by atoms with van der Waals surface area (Å²) in [7, 11) is 0. The summed E-state index contributed by atoms with van der Waals surface area (Å²) in [5, 5.41) is 0. The van der Waals surface area contributed by atoms with E-state index in [0.29, 0.717) is 11.3 Å². The van der Waals surface area contributed by atoms with Gasteiger partial charge < -0.3 is 19.9 Å². The Balaban J connectivity index is 1.93. The van der Waals surface area contributed by atoms with Crippen molar-refractivity contribution in [1.82, 2.24) is 0 Å². The van der Waals surface area contributed by atoms with E-state index in [-0.39, 0.29) is 22.9 Å². The van der Waals surface area contributed by atoms with Crippen LogP contribution in [-0.4, -0.2) is 19.0 Å². The minimum atomic E-state index is -4.82. The van der Waals surface area contributed by atoms with Crippen molar-refractivity contribution in [3.05, 3.63) is 51.5 Å². The third kappa shape index (κ3) is 2.66. The Morgan fingerprint density at radius 1 is 1.19 bits per heavy atom. The molecule has 0 bridgehead atoms. The van der Waals surface area contributed by atoms with Crippen molar-refractivity contribution >= 4 is 22.0 Å². The zero-order valence-corrected chi connectivity index (χ0v) is 14.9. The van der Waals surface area contributed by atoms with Crippen LogP contribution in [0.1, 0.15) is 16.7 Å². The standard InChI is InChI=1S/C17H12BrF3N2O3/c1-8-2-3-12-9(4-8)16(7-24-15(22)23-16)10-5-11(18)14(6-13(10)25-12)26-17(19,20)21/h2-6H,7H2,1H3,(H2,22,23). The molecule has 4 rings (SSSR count). The number of amidine groups is 1. The number of aryl methyl sites for hydroxylation is 1. The van der Waals surface area contributed by atoms with E-state index in [0.717, 1.165) is 11.1 Å². The summed E-state index contributed by atoms with van der Waals surface area (Å²) in [6.45, 7) is 2.04. The summed E-state index contributed by atoms with van der Waals surface area (Å²) in [6, 6.07) is 8.17. The number of halogens is 4. The van der Waals surface area contributed by atoms with Gasteiger partial charge in [0.1, 0.15) is 23.9 Å². The number of rotatable bonds is 1. The van der Waals surface area contributed by atoms with Gasteiger partial charge >= 0.3 is 6.36 Å². The number of nitrogens with zero attached hydrogens (tertiary/aromatic N) is 1. The minimum absolute atomic E-state index is 0.0112. The van der Waals surface area contributed by atoms with E-state index in [2.05, 4.69) is 25.7 Å². The predicted octanol–water partition coefficient (Wildman–Crippen LogP) is 4.35. The molecule has 5 nitrogen and oxygen atoms in total. The third-order valence-corrected chi connectivity index (χ3v) is 4.86. The second kappa shape index (κ2) is 5.54. The first-order valence-electron chi connectivity index (χ1n) is 7.55. The maximum absolute atomic E-state index is 12.6. The number of hydrogen-bond acceptors (Lipinski definition) is 5. The fourth-order valence-electron chi connectivity index (χ4n) is 3.17. The number of benzene rings is 2. The van der Waals surface area contributed by atoms with Crippen molar-refractivity contribution in [2.45, 2.75) is 18.8 Å². The molecule has 2 aromatic carbocycles. The average Bonchev–Trinajstić information content (AvgIpc) is 2.92. The Kier molecular flexibility index (Phi) is 3.62. The fourth-order valence-corrected chi connectivity index (χ4v) is 3.60. The highest BCUT2D eigenvalue weighted by atomic mass is 79.9. The lowest BCUT2D eigenvalue weighted by Gasteiger charge is -2.34. The molecule has 1 atom stereocenters. The van der Waals surface area contributed by atoms with Gasteiger partial charge in [0.2, 0.25) is 0 Å². The lowest BCUT2D eigenvalue weighted by Crippen LogP contribution is -2.31. The van der Waals surface area contributed by atoms with E-state index in [4.69, 9.17) is 15.2 Å². The highest BCUT2D eigenvalue weighted by Gasteiger charge is 2.47. The second-order valence-corrected chi connectivity index (χ2v) is 6.88. The van der Waals surface area contributed by atoms with Gasteiger partial charge in [-0.3, -0.25) is 0 Å². The molecule has 2 heterocycles. The first kappa shape index (κ1) is 17.0. The van der Waals surface area contributed by atoms with Gasteiger partial charge in [-0.1, -0.05) is 11.6 Å². The zero-order valence-electron chi connectivity index (χ0n) is 13.4. The number of aliphatic imine (C=N–C) groups is 1. The maximum atomic E-state index is 12.6. The second-order valence-electron chi connectivity index (χ2n) is 6.03. The van der Waals surface area contributed by atoms with Crippen LogP contribution >= 0.6 is 15.9 Å². The van der Waals surface area contributed by atoms with Crippen LogP contribution in [0.15, 0.2) is 39.8 Å². The number of alkyl halides is 3. The summed E-state index contributed by atoms with van der Waals surface area (Å²) < 4.78 is 53.3. The van der Waals surface area contributed by atoms with Crippen molar-refractivity contribution in [2.75, 3.05) is 6.61 Å². The van der Waals surface area contributed by atoms with Crippen LogP contribution in [0, 0.1) is 6.92 Å². The molecule has 2 aromatic rings. The third-order valence-electron chi connectivity index (χ3n) is 4.24. The van der Waals surface area contributed by atoms with Gasteiger partial charge in [0.15, 0.2) is 5.54 Å². The van der Waals surface area contributed by atoms with E-state index in [9.17, 15) is 13.2 Å². The average molecular weight is 429 g/mol. The van der Waals surface area contributed by atoms with Gasteiger partial charge in [0.05, 0.1) is 4.47 Å². The topological polar surface area (TPSA) is 66.1 Å². The predicted molar refractivity (Wildman–Crippen MR) is 90.4 cm³/mol. The molecule has 1 unspecified atom stereocenters. The molecule has 0 aliphatic carbocycles. The first-order valence-corrected chi connectivity index (χ1v) is 8.34. The normalized spacial score (nSPS) is 20.7. The quantitative estimate of drug-likeness (QED) is 0.732. The maximum Gasteiger partial charge on any atom is 0.573 e. The van der Waals surface area contributed by atoms with Crippen LogP contribution < -0.4 is 15.2 Å². The van der Waals surface area contributed by atoms with Crippen molar-refractivity contribution in [3.63, 3.8) is 0 Å². The SMILES string of the molecule is Cc1ccc2c(c1)C1(COC(N)=N1)c1cc(Br)c(OC(F)(F)F)cc1O2. The molecular weight excluding hydrogens is 417 g/mol. The van der Waals surface area contributed by atoms with Crippen molar-refractivity contribution < 1.29 is 27.4 Å². The molecule has 0 fully saturated rings. The number of nitrogens with two attached hydrogens (primary N) is 1. The molecule has 26 heavy (non-hydrogen) atoms. The van der Waals surface area contributed by atoms with Crippen LogP contribution in [0.3, 0.4) is 0 Å². The highest BCUT2D eigenvalue weighted by Crippen LogP contribution is 2.53. The van der Waals surface area contributed by atoms with Gasteiger partial charge in [-0.25, -0.2) is 4.99 Å². The van der Waals surface area contributed by atoms with E-state index in [1.165, 1.54) is 12.1 Å². The number of fused-ring (bicyclic) bond motifs is 4. The Morgan fingerprint density at radius 2 is 1.92 bits per heavy atom. The molecule has 0 amide bonds.